The highest BCUT2D eigenvalue weighted by atomic mass is 19.1. The molecular weight excluding hydrogens is 310 g/mol. The van der Waals surface area contributed by atoms with Crippen LogP contribution in [0.4, 0.5) is 10.1 Å². The van der Waals surface area contributed by atoms with Gasteiger partial charge in [-0.25, -0.2) is 4.39 Å². The van der Waals surface area contributed by atoms with E-state index in [4.69, 9.17) is 9.31 Å². The van der Waals surface area contributed by atoms with Crippen LogP contribution in [0.25, 0.3) is 0 Å². The van der Waals surface area contributed by atoms with Crippen molar-refractivity contribution in [1.82, 2.24) is 5.32 Å². The Morgan fingerprint density at radius 3 is 2.58 bits per heavy atom. The monoisotopic (exact) mass is 328 g/mol. The Morgan fingerprint density at radius 1 is 1.12 bits per heavy atom. The van der Waals surface area contributed by atoms with Crippen molar-refractivity contribution >= 4 is 24.5 Å². The second-order valence-electron chi connectivity index (χ2n) is 5.35. The lowest BCUT2D eigenvalue weighted by Gasteiger charge is -2.19. The summed E-state index contributed by atoms with van der Waals surface area (Å²) in [7, 11) is -0.564. The van der Waals surface area contributed by atoms with Crippen LogP contribution in [0.2, 0.25) is 0 Å². The average molecular weight is 328 g/mol. The highest BCUT2D eigenvalue weighted by Crippen LogP contribution is 2.24. The van der Waals surface area contributed by atoms with E-state index >= 15 is 0 Å². The third-order valence-electron chi connectivity index (χ3n) is 3.62. The van der Waals surface area contributed by atoms with Gasteiger partial charge in [0.25, 0.3) is 0 Å². The number of phenols is 1. The summed E-state index contributed by atoms with van der Waals surface area (Å²) in [6, 6.07) is 11.4. The Balaban J connectivity index is 1.75. The first-order valence-corrected chi connectivity index (χ1v) is 7.79. The van der Waals surface area contributed by atoms with Gasteiger partial charge < -0.3 is 19.7 Å². The first kappa shape index (κ1) is 16.6. The molecule has 1 aliphatic heterocycles. The van der Waals surface area contributed by atoms with Crippen molar-refractivity contribution in [3.8, 4) is 5.75 Å². The fourth-order valence-corrected chi connectivity index (χ4v) is 2.35. The molecule has 0 radical (unpaired) electrons. The molecule has 5 nitrogen and oxygen atoms in total. The number of aromatic hydroxyl groups is 1. The molecule has 0 aromatic heterocycles. The summed E-state index contributed by atoms with van der Waals surface area (Å²) in [5, 5.41) is 12.8. The number of halogens is 1. The number of nitrogens with zero attached hydrogens (tertiary/aromatic N) is 1. The maximum Gasteiger partial charge on any atom is 0.494 e. The molecule has 0 bridgehead atoms. The molecule has 0 saturated carbocycles. The van der Waals surface area contributed by atoms with E-state index in [-0.39, 0.29) is 5.75 Å². The number of benzene rings is 2. The van der Waals surface area contributed by atoms with Crippen molar-refractivity contribution in [3.05, 3.63) is 53.8 Å². The van der Waals surface area contributed by atoms with E-state index in [1.54, 1.807) is 30.3 Å². The summed E-state index contributed by atoms with van der Waals surface area (Å²) in [5.41, 5.74) is 1.35. The summed E-state index contributed by atoms with van der Waals surface area (Å²) in [6.45, 7) is 2.49. The standard InChI is InChI=1S/C17H18BFN2O3/c19-15-11-14(18-23-9-7-20-8-10-24-18)6-5-13(15)12-21-16-3-1-2-4-17(16)22/h1-6,11-12,20,22H,7-10H2. The van der Waals surface area contributed by atoms with Crippen molar-refractivity contribution in [2.24, 2.45) is 4.99 Å². The van der Waals surface area contributed by atoms with Gasteiger partial charge in [-0.05, 0) is 23.7 Å². The third-order valence-corrected chi connectivity index (χ3v) is 3.62. The second kappa shape index (κ2) is 8.05. The van der Waals surface area contributed by atoms with Crippen molar-refractivity contribution in [1.29, 1.82) is 0 Å². The molecule has 0 aliphatic carbocycles. The van der Waals surface area contributed by atoms with Gasteiger partial charge in [-0.3, -0.25) is 4.99 Å². The van der Waals surface area contributed by atoms with Crippen LogP contribution < -0.4 is 10.8 Å². The van der Waals surface area contributed by atoms with Crippen LogP contribution in [0.1, 0.15) is 5.56 Å². The molecule has 7 heteroatoms. The lowest BCUT2D eigenvalue weighted by Crippen LogP contribution is -2.43. The number of hydrogen-bond donors (Lipinski definition) is 2. The molecule has 1 heterocycles. The molecule has 0 unspecified atom stereocenters. The average Bonchev–Trinajstić information content (AvgIpc) is 2.55. The first-order valence-electron chi connectivity index (χ1n) is 7.79. The first-order chi connectivity index (χ1) is 11.7. The summed E-state index contributed by atoms with van der Waals surface area (Å²) in [5.74, 6) is -0.366. The van der Waals surface area contributed by atoms with Crippen LogP contribution in [-0.2, 0) is 9.31 Å². The molecule has 2 N–H and O–H groups in total. The van der Waals surface area contributed by atoms with Crippen LogP contribution >= 0.6 is 0 Å². The topological polar surface area (TPSA) is 63.1 Å². The fourth-order valence-electron chi connectivity index (χ4n) is 2.35. The Labute approximate surface area is 140 Å². The number of rotatable bonds is 3. The highest BCUT2D eigenvalue weighted by molar-refractivity contribution is 6.61. The Kier molecular flexibility index (Phi) is 5.58. The molecule has 2 aromatic rings. The van der Waals surface area contributed by atoms with E-state index < -0.39 is 12.9 Å². The molecule has 0 spiro atoms. The zero-order valence-corrected chi connectivity index (χ0v) is 13.1. The van der Waals surface area contributed by atoms with Crippen molar-refractivity contribution in [2.75, 3.05) is 26.3 Å². The molecule has 124 valence electrons. The predicted molar refractivity (Wildman–Crippen MR) is 91.9 cm³/mol. The van der Waals surface area contributed by atoms with Crippen LogP contribution in [0.5, 0.6) is 5.75 Å². The number of aliphatic imine (C=N–C) groups is 1. The van der Waals surface area contributed by atoms with Gasteiger partial charge in [0.1, 0.15) is 17.3 Å². The molecular formula is C17H18BFN2O3. The van der Waals surface area contributed by atoms with Gasteiger partial charge in [0.05, 0.1) is 0 Å². The minimum absolute atomic E-state index is 0.0516. The second-order valence-corrected chi connectivity index (χ2v) is 5.35. The minimum Gasteiger partial charge on any atom is -0.506 e. The normalized spacial score (nSPS) is 16.1. The van der Waals surface area contributed by atoms with Gasteiger partial charge >= 0.3 is 7.12 Å². The molecule has 2 aromatic carbocycles. The Morgan fingerprint density at radius 2 is 1.88 bits per heavy atom. The number of phenolic OH excluding ortho intramolecular Hbond substituents is 1. The van der Waals surface area contributed by atoms with Gasteiger partial charge in [0.15, 0.2) is 0 Å². The van der Waals surface area contributed by atoms with Crippen LogP contribution in [-0.4, -0.2) is 44.7 Å². The summed E-state index contributed by atoms with van der Waals surface area (Å²) in [6.07, 6.45) is 1.39. The zero-order valence-electron chi connectivity index (χ0n) is 13.1. The lowest BCUT2D eigenvalue weighted by molar-refractivity contribution is 0.187. The largest absolute Gasteiger partial charge is 0.506 e. The number of nitrogens with one attached hydrogen (secondary N) is 1. The summed E-state index contributed by atoms with van der Waals surface area (Å²) >= 11 is 0. The van der Waals surface area contributed by atoms with Crippen molar-refractivity contribution < 1.29 is 18.8 Å². The van der Waals surface area contributed by atoms with Gasteiger partial charge in [-0.1, -0.05) is 24.3 Å². The van der Waals surface area contributed by atoms with Crippen LogP contribution in [0.3, 0.4) is 0 Å². The van der Waals surface area contributed by atoms with E-state index in [0.717, 1.165) is 13.1 Å². The molecule has 0 atom stereocenters. The third kappa shape index (κ3) is 4.20. The molecule has 3 rings (SSSR count). The van der Waals surface area contributed by atoms with Gasteiger partial charge in [-0.2, -0.15) is 0 Å². The van der Waals surface area contributed by atoms with Crippen molar-refractivity contribution in [2.45, 2.75) is 0 Å². The van der Waals surface area contributed by atoms with E-state index in [1.165, 1.54) is 18.3 Å². The Hall–Kier alpha value is -2.22. The predicted octanol–water partition coefficient (Wildman–Crippen LogP) is 1.61. The van der Waals surface area contributed by atoms with E-state index in [9.17, 15) is 9.50 Å². The smallest absolute Gasteiger partial charge is 0.494 e. The molecule has 1 aliphatic rings. The van der Waals surface area contributed by atoms with Gasteiger partial charge in [0.2, 0.25) is 0 Å². The fraction of sp³-hybridized carbons (Fsp3) is 0.235. The quantitative estimate of drug-likeness (QED) is 0.664. The minimum atomic E-state index is -0.564. The van der Waals surface area contributed by atoms with E-state index in [1.807, 2.05) is 0 Å². The van der Waals surface area contributed by atoms with E-state index in [0.29, 0.717) is 29.9 Å². The van der Waals surface area contributed by atoms with Crippen LogP contribution in [0, 0.1) is 5.82 Å². The van der Waals surface area contributed by atoms with Crippen molar-refractivity contribution in [3.63, 3.8) is 0 Å². The zero-order chi connectivity index (χ0) is 16.8. The molecule has 0 amide bonds. The maximum absolute atomic E-state index is 14.3. The Bertz CT molecular complexity index is 719. The maximum atomic E-state index is 14.3. The van der Waals surface area contributed by atoms with Gasteiger partial charge in [0, 0.05) is 38.1 Å². The number of hydrogen-bond acceptors (Lipinski definition) is 5. The molecule has 1 fully saturated rings. The highest BCUT2D eigenvalue weighted by Gasteiger charge is 2.23. The summed E-state index contributed by atoms with van der Waals surface area (Å²) < 4.78 is 25.5. The molecule has 1 saturated heterocycles. The summed E-state index contributed by atoms with van der Waals surface area (Å²) in [4.78, 5) is 4.12. The van der Waals surface area contributed by atoms with E-state index in [2.05, 4.69) is 10.3 Å². The molecule has 24 heavy (non-hydrogen) atoms. The SMILES string of the molecule is Oc1ccccc1N=Cc1ccc(B2OCCNCCO2)cc1F. The lowest BCUT2D eigenvalue weighted by atomic mass is 9.78. The van der Waals surface area contributed by atoms with Crippen LogP contribution in [0.15, 0.2) is 47.5 Å². The van der Waals surface area contributed by atoms with Gasteiger partial charge in [-0.15, -0.1) is 0 Å². The number of para-hydroxylation sites is 2.